The van der Waals surface area contributed by atoms with Crippen molar-refractivity contribution in [3.63, 3.8) is 0 Å². The molecule has 15 heavy (non-hydrogen) atoms. The quantitative estimate of drug-likeness (QED) is 0.737. The molecule has 3 atom stereocenters. The lowest BCUT2D eigenvalue weighted by molar-refractivity contribution is -0.122. The summed E-state index contributed by atoms with van der Waals surface area (Å²) in [7, 11) is 0. The average molecular weight is 214 g/mol. The normalized spacial score (nSPS) is 32.7. The van der Waals surface area contributed by atoms with Gasteiger partial charge < -0.3 is 11.1 Å². The Morgan fingerprint density at radius 1 is 1.40 bits per heavy atom. The fourth-order valence-electron chi connectivity index (χ4n) is 2.23. The van der Waals surface area contributed by atoms with Crippen LogP contribution >= 0.6 is 0 Å². The molecule has 0 radical (unpaired) electrons. The molecule has 3 unspecified atom stereocenters. The molecule has 3 N–H and O–H groups in total. The summed E-state index contributed by atoms with van der Waals surface area (Å²) in [6, 6.07) is -0.0815. The summed E-state index contributed by atoms with van der Waals surface area (Å²) in [5.74, 6) is 0.250. The number of hydrogen-bond acceptors (Lipinski definition) is 2. The van der Waals surface area contributed by atoms with E-state index < -0.39 is 12.2 Å². The van der Waals surface area contributed by atoms with Crippen LogP contribution in [-0.4, -0.2) is 24.2 Å². The maximum absolute atomic E-state index is 12.9. The Balaban J connectivity index is 1.70. The van der Waals surface area contributed by atoms with Gasteiger partial charge in [0.2, 0.25) is 5.91 Å². The summed E-state index contributed by atoms with van der Waals surface area (Å²) >= 11 is 0. The van der Waals surface area contributed by atoms with Crippen molar-refractivity contribution in [3.8, 4) is 0 Å². The minimum Gasteiger partial charge on any atom is -0.352 e. The van der Waals surface area contributed by atoms with E-state index in [1.807, 2.05) is 0 Å². The highest BCUT2D eigenvalue weighted by Gasteiger charge is 2.30. The van der Waals surface area contributed by atoms with Crippen molar-refractivity contribution in [2.45, 2.75) is 56.8 Å². The molecule has 2 saturated carbocycles. The molecule has 3 nitrogen and oxygen atoms in total. The van der Waals surface area contributed by atoms with Crippen LogP contribution in [0, 0.1) is 5.92 Å². The third kappa shape index (κ3) is 3.16. The maximum atomic E-state index is 12.9. The van der Waals surface area contributed by atoms with Gasteiger partial charge >= 0.3 is 0 Å². The summed E-state index contributed by atoms with van der Waals surface area (Å²) < 4.78 is 12.9. The fourth-order valence-corrected chi connectivity index (χ4v) is 2.23. The third-order valence-corrected chi connectivity index (χ3v) is 3.33. The molecule has 0 aromatic heterocycles. The minimum atomic E-state index is -0.673. The number of nitrogens with one attached hydrogen (secondary N) is 1. The van der Waals surface area contributed by atoms with Crippen LogP contribution in [0.3, 0.4) is 0 Å². The Labute approximate surface area is 89.6 Å². The molecule has 86 valence electrons. The number of hydrogen-bond donors (Lipinski definition) is 2. The molecular weight excluding hydrogens is 195 g/mol. The fraction of sp³-hybridized carbons (Fsp3) is 0.909. The molecule has 0 aromatic rings. The van der Waals surface area contributed by atoms with E-state index in [0.29, 0.717) is 31.2 Å². The molecule has 2 rings (SSSR count). The van der Waals surface area contributed by atoms with Gasteiger partial charge in [0.1, 0.15) is 6.17 Å². The molecule has 0 aliphatic heterocycles. The van der Waals surface area contributed by atoms with E-state index in [4.69, 9.17) is 5.73 Å². The molecule has 0 bridgehead atoms. The van der Waals surface area contributed by atoms with Crippen LogP contribution in [0.4, 0.5) is 4.39 Å². The Kier molecular flexibility index (Phi) is 3.24. The van der Waals surface area contributed by atoms with E-state index in [1.165, 1.54) is 0 Å². The van der Waals surface area contributed by atoms with Gasteiger partial charge in [0.15, 0.2) is 0 Å². The van der Waals surface area contributed by atoms with Crippen LogP contribution in [0.1, 0.15) is 38.5 Å². The summed E-state index contributed by atoms with van der Waals surface area (Å²) in [6.07, 6.45) is 4.23. The van der Waals surface area contributed by atoms with E-state index in [1.54, 1.807) is 0 Å². The number of amides is 1. The molecule has 4 heteroatoms. The van der Waals surface area contributed by atoms with Crippen molar-refractivity contribution in [2.75, 3.05) is 0 Å². The first kappa shape index (κ1) is 10.9. The second-order valence-electron chi connectivity index (χ2n) is 4.90. The number of halogens is 1. The third-order valence-electron chi connectivity index (χ3n) is 3.33. The van der Waals surface area contributed by atoms with Gasteiger partial charge in [-0.3, -0.25) is 4.79 Å². The summed E-state index contributed by atoms with van der Waals surface area (Å²) in [5, 5.41) is 2.88. The van der Waals surface area contributed by atoms with Gasteiger partial charge in [-0.05, 0) is 44.4 Å². The van der Waals surface area contributed by atoms with Crippen LogP contribution in [0.5, 0.6) is 0 Å². The standard InChI is InChI=1S/C11H19FN2O/c12-8-2-1-7(5-8)6-10(13)11(15)14-9-3-4-9/h7-10H,1-6,13H2,(H,14,15). The smallest absolute Gasteiger partial charge is 0.237 e. The van der Waals surface area contributed by atoms with Crippen molar-refractivity contribution in [1.82, 2.24) is 5.32 Å². The maximum Gasteiger partial charge on any atom is 0.237 e. The highest BCUT2D eigenvalue weighted by Crippen LogP contribution is 2.31. The first-order valence-electron chi connectivity index (χ1n) is 5.85. The van der Waals surface area contributed by atoms with Crippen molar-refractivity contribution in [2.24, 2.45) is 11.7 Å². The van der Waals surface area contributed by atoms with E-state index >= 15 is 0 Å². The number of carbonyl (C=O) groups is 1. The summed E-state index contributed by atoms with van der Waals surface area (Å²) in [5.41, 5.74) is 5.78. The molecule has 0 aromatic carbocycles. The zero-order chi connectivity index (χ0) is 10.8. The van der Waals surface area contributed by atoms with Gasteiger partial charge in [-0.2, -0.15) is 0 Å². The molecule has 0 saturated heterocycles. The number of nitrogens with two attached hydrogens (primary N) is 1. The second-order valence-corrected chi connectivity index (χ2v) is 4.90. The molecule has 1 amide bonds. The average Bonchev–Trinajstić information content (AvgIpc) is 2.90. The lowest BCUT2D eigenvalue weighted by Gasteiger charge is -2.15. The first-order chi connectivity index (χ1) is 7.15. The lowest BCUT2D eigenvalue weighted by Crippen LogP contribution is -2.42. The Hall–Kier alpha value is -0.640. The topological polar surface area (TPSA) is 55.1 Å². The molecular formula is C11H19FN2O. The molecule has 2 aliphatic rings. The van der Waals surface area contributed by atoms with Gasteiger partial charge in [0.05, 0.1) is 6.04 Å². The summed E-state index contributed by atoms with van der Waals surface area (Å²) in [6.45, 7) is 0. The van der Waals surface area contributed by atoms with E-state index in [0.717, 1.165) is 19.3 Å². The zero-order valence-electron chi connectivity index (χ0n) is 8.92. The summed E-state index contributed by atoms with van der Waals surface area (Å²) in [4.78, 5) is 11.5. The van der Waals surface area contributed by atoms with Crippen LogP contribution in [-0.2, 0) is 4.79 Å². The van der Waals surface area contributed by atoms with Gasteiger partial charge in [0.25, 0.3) is 0 Å². The van der Waals surface area contributed by atoms with Crippen LogP contribution < -0.4 is 11.1 Å². The Bertz CT molecular complexity index is 243. The highest BCUT2D eigenvalue weighted by molar-refractivity contribution is 5.82. The predicted octanol–water partition coefficient (Wildman–Crippen LogP) is 1.12. The second kappa shape index (κ2) is 4.47. The zero-order valence-corrected chi connectivity index (χ0v) is 8.92. The Morgan fingerprint density at radius 3 is 2.67 bits per heavy atom. The SMILES string of the molecule is NC(CC1CCC(F)C1)C(=O)NC1CC1. The monoisotopic (exact) mass is 214 g/mol. The van der Waals surface area contributed by atoms with E-state index in [2.05, 4.69) is 5.32 Å². The number of carbonyl (C=O) groups excluding carboxylic acids is 1. The van der Waals surface area contributed by atoms with Crippen LogP contribution in [0.2, 0.25) is 0 Å². The van der Waals surface area contributed by atoms with Crippen molar-refractivity contribution in [1.29, 1.82) is 0 Å². The Morgan fingerprint density at radius 2 is 2.13 bits per heavy atom. The van der Waals surface area contributed by atoms with Crippen molar-refractivity contribution >= 4 is 5.91 Å². The van der Waals surface area contributed by atoms with E-state index in [-0.39, 0.29) is 5.91 Å². The predicted molar refractivity (Wildman–Crippen MR) is 56.0 cm³/mol. The number of rotatable bonds is 4. The minimum absolute atomic E-state index is 0.0557. The number of alkyl halides is 1. The molecule has 0 spiro atoms. The first-order valence-corrected chi connectivity index (χ1v) is 5.85. The van der Waals surface area contributed by atoms with Crippen LogP contribution in [0.15, 0.2) is 0 Å². The highest BCUT2D eigenvalue weighted by atomic mass is 19.1. The molecule has 2 fully saturated rings. The molecule has 2 aliphatic carbocycles. The van der Waals surface area contributed by atoms with Crippen LogP contribution in [0.25, 0.3) is 0 Å². The van der Waals surface area contributed by atoms with Gasteiger partial charge in [-0.1, -0.05) is 0 Å². The largest absolute Gasteiger partial charge is 0.352 e. The van der Waals surface area contributed by atoms with Gasteiger partial charge in [-0.15, -0.1) is 0 Å². The van der Waals surface area contributed by atoms with Gasteiger partial charge in [-0.25, -0.2) is 4.39 Å². The molecule has 0 heterocycles. The lowest BCUT2D eigenvalue weighted by atomic mass is 9.98. The van der Waals surface area contributed by atoms with Crippen molar-refractivity contribution < 1.29 is 9.18 Å². The van der Waals surface area contributed by atoms with Crippen molar-refractivity contribution in [3.05, 3.63) is 0 Å². The van der Waals surface area contributed by atoms with Gasteiger partial charge in [0, 0.05) is 6.04 Å². The van der Waals surface area contributed by atoms with E-state index in [9.17, 15) is 9.18 Å².